The number of carbonyl (C=O) groups is 1. The van der Waals surface area contributed by atoms with Gasteiger partial charge in [-0.2, -0.15) is 0 Å². The van der Waals surface area contributed by atoms with Crippen molar-refractivity contribution in [2.24, 2.45) is 5.92 Å². The number of β-amino-alcohol motifs (C(OH)–C–C–N with tert-alkyl or cyclic N) is 1. The number of likely N-dealkylation sites (tertiary alicyclic amines) is 1. The molecule has 1 N–H and O–H groups in total. The topological polar surface area (TPSA) is 40.5 Å². The molecule has 0 aromatic carbocycles. The summed E-state index contributed by atoms with van der Waals surface area (Å²) in [6.45, 7) is 6.25. The van der Waals surface area contributed by atoms with Crippen molar-refractivity contribution in [2.45, 2.75) is 32.8 Å². The molecule has 1 rings (SSSR count). The van der Waals surface area contributed by atoms with Crippen LogP contribution in [0.2, 0.25) is 0 Å². The van der Waals surface area contributed by atoms with Gasteiger partial charge in [-0.05, 0) is 25.8 Å². The van der Waals surface area contributed by atoms with Gasteiger partial charge in [-0.3, -0.25) is 4.79 Å². The summed E-state index contributed by atoms with van der Waals surface area (Å²) < 4.78 is 0. The molecule has 1 heterocycles. The Bertz CT molecular complexity index is 182. The van der Waals surface area contributed by atoms with Crippen molar-refractivity contribution in [1.29, 1.82) is 0 Å². The van der Waals surface area contributed by atoms with Crippen molar-refractivity contribution in [3.8, 4) is 0 Å². The van der Waals surface area contributed by atoms with Crippen LogP contribution in [0.25, 0.3) is 0 Å². The van der Waals surface area contributed by atoms with Gasteiger partial charge in [-0.25, -0.2) is 0 Å². The van der Waals surface area contributed by atoms with Crippen LogP contribution in [-0.4, -0.2) is 41.5 Å². The fourth-order valence-electron chi connectivity index (χ4n) is 1.63. The van der Waals surface area contributed by atoms with Crippen LogP contribution in [0.15, 0.2) is 0 Å². The highest BCUT2D eigenvalue weighted by molar-refractivity contribution is 5.75. The van der Waals surface area contributed by atoms with Crippen molar-refractivity contribution in [3.05, 3.63) is 0 Å². The standard InChI is InChI=1S/C10H19NO2/c1-8-3-5-11(7-10(8)13)6-4-9(2)12/h8,10,13H,3-7H2,1-2H3. The van der Waals surface area contributed by atoms with Gasteiger partial charge in [-0.1, -0.05) is 6.92 Å². The van der Waals surface area contributed by atoms with E-state index >= 15 is 0 Å². The van der Waals surface area contributed by atoms with Crippen LogP contribution in [-0.2, 0) is 4.79 Å². The minimum Gasteiger partial charge on any atom is -0.392 e. The molecular formula is C10H19NO2. The Morgan fingerprint density at radius 2 is 2.31 bits per heavy atom. The van der Waals surface area contributed by atoms with Gasteiger partial charge < -0.3 is 10.0 Å². The highest BCUT2D eigenvalue weighted by Crippen LogP contribution is 2.16. The third kappa shape index (κ3) is 3.44. The molecule has 0 amide bonds. The molecular weight excluding hydrogens is 166 g/mol. The van der Waals surface area contributed by atoms with E-state index in [9.17, 15) is 9.90 Å². The highest BCUT2D eigenvalue weighted by Gasteiger charge is 2.23. The van der Waals surface area contributed by atoms with Crippen molar-refractivity contribution < 1.29 is 9.90 Å². The lowest BCUT2D eigenvalue weighted by Gasteiger charge is -2.33. The number of ketones is 1. The molecule has 3 heteroatoms. The molecule has 2 unspecified atom stereocenters. The first kappa shape index (κ1) is 10.7. The Morgan fingerprint density at radius 3 is 2.85 bits per heavy atom. The van der Waals surface area contributed by atoms with E-state index in [4.69, 9.17) is 0 Å². The van der Waals surface area contributed by atoms with Gasteiger partial charge in [-0.15, -0.1) is 0 Å². The van der Waals surface area contributed by atoms with Crippen molar-refractivity contribution in [3.63, 3.8) is 0 Å². The van der Waals surface area contributed by atoms with Crippen LogP contribution >= 0.6 is 0 Å². The summed E-state index contributed by atoms with van der Waals surface area (Å²) in [5, 5.41) is 9.59. The van der Waals surface area contributed by atoms with Crippen LogP contribution in [0.3, 0.4) is 0 Å². The number of hydrogen-bond donors (Lipinski definition) is 1. The lowest BCUT2D eigenvalue weighted by Crippen LogP contribution is -2.43. The summed E-state index contributed by atoms with van der Waals surface area (Å²) in [4.78, 5) is 12.9. The number of nitrogens with zero attached hydrogens (tertiary/aromatic N) is 1. The van der Waals surface area contributed by atoms with Crippen molar-refractivity contribution in [2.75, 3.05) is 19.6 Å². The minimum absolute atomic E-state index is 0.208. The average Bonchev–Trinajstić information content (AvgIpc) is 2.07. The summed E-state index contributed by atoms with van der Waals surface area (Å²) in [6.07, 6.45) is 1.45. The third-order valence-electron chi connectivity index (χ3n) is 2.78. The monoisotopic (exact) mass is 185 g/mol. The van der Waals surface area contributed by atoms with Crippen LogP contribution in [0, 0.1) is 5.92 Å². The number of rotatable bonds is 3. The molecule has 1 fully saturated rings. The lowest BCUT2D eigenvalue weighted by molar-refractivity contribution is -0.117. The summed E-state index contributed by atoms with van der Waals surface area (Å²) >= 11 is 0. The summed E-state index contributed by atoms with van der Waals surface area (Å²) in [5.74, 6) is 0.640. The van der Waals surface area contributed by atoms with Crippen LogP contribution in [0.5, 0.6) is 0 Å². The first-order valence-electron chi connectivity index (χ1n) is 4.99. The number of Topliss-reactive ketones (excluding diaryl/α,β-unsaturated/α-hetero) is 1. The first-order valence-corrected chi connectivity index (χ1v) is 4.99. The van der Waals surface area contributed by atoms with Crippen LogP contribution < -0.4 is 0 Å². The molecule has 0 aromatic rings. The number of hydrogen-bond acceptors (Lipinski definition) is 3. The molecule has 13 heavy (non-hydrogen) atoms. The zero-order valence-electron chi connectivity index (χ0n) is 8.49. The minimum atomic E-state index is -0.208. The van der Waals surface area contributed by atoms with Crippen molar-refractivity contribution >= 4 is 5.78 Å². The normalized spacial score (nSPS) is 30.4. The SMILES string of the molecule is CC(=O)CCN1CCC(C)C(O)C1. The highest BCUT2D eigenvalue weighted by atomic mass is 16.3. The van der Waals surface area contributed by atoms with Gasteiger partial charge in [0.25, 0.3) is 0 Å². The molecule has 1 aliphatic rings. The fraction of sp³-hybridized carbons (Fsp3) is 0.900. The zero-order chi connectivity index (χ0) is 9.84. The summed E-state index contributed by atoms with van der Waals surface area (Å²) in [7, 11) is 0. The zero-order valence-corrected chi connectivity index (χ0v) is 8.49. The summed E-state index contributed by atoms with van der Waals surface area (Å²) in [5.41, 5.74) is 0. The van der Waals surface area contributed by atoms with Gasteiger partial charge in [0.1, 0.15) is 5.78 Å². The molecule has 0 saturated carbocycles. The van der Waals surface area contributed by atoms with Gasteiger partial charge in [0.05, 0.1) is 6.10 Å². The van der Waals surface area contributed by atoms with Gasteiger partial charge in [0, 0.05) is 19.5 Å². The van der Waals surface area contributed by atoms with Gasteiger partial charge in [0.15, 0.2) is 0 Å². The molecule has 3 nitrogen and oxygen atoms in total. The van der Waals surface area contributed by atoms with E-state index in [1.165, 1.54) is 0 Å². The maximum Gasteiger partial charge on any atom is 0.131 e. The third-order valence-corrected chi connectivity index (χ3v) is 2.78. The van der Waals surface area contributed by atoms with E-state index in [0.29, 0.717) is 12.3 Å². The predicted octanol–water partition coefficient (Wildman–Crippen LogP) is 0.668. The predicted molar refractivity (Wildman–Crippen MR) is 51.5 cm³/mol. The molecule has 0 aromatic heterocycles. The second-order valence-corrected chi connectivity index (χ2v) is 4.09. The second-order valence-electron chi connectivity index (χ2n) is 4.09. The molecule has 2 atom stereocenters. The molecule has 1 saturated heterocycles. The summed E-state index contributed by atoms with van der Waals surface area (Å²) in [6, 6.07) is 0. The van der Waals surface area contributed by atoms with Gasteiger partial charge in [0.2, 0.25) is 0 Å². The fourth-order valence-corrected chi connectivity index (χ4v) is 1.63. The Kier molecular flexibility index (Phi) is 3.88. The molecule has 0 spiro atoms. The number of aliphatic hydroxyl groups is 1. The van der Waals surface area contributed by atoms with E-state index in [1.54, 1.807) is 6.92 Å². The quantitative estimate of drug-likeness (QED) is 0.702. The average molecular weight is 185 g/mol. The first-order chi connectivity index (χ1) is 6.09. The smallest absolute Gasteiger partial charge is 0.131 e. The maximum atomic E-state index is 10.7. The van der Waals surface area contributed by atoms with E-state index in [0.717, 1.165) is 26.1 Å². The van der Waals surface area contributed by atoms with Gasteiger partial charge >= 0.3 is 0 Å². The second kappa shape index (κ2) is 4.72. The Hall–Kier alpha value is -0.410. The number of piperidine rings is 1. The van der Waals surface area contributed by atoms with Crippen LogP contribution in [0.4, 0.5) is 0 Å². The van der Waals surface area contributed by atoms with E-state index in [2.05, 4.69) is 11.8 Å². The number of carbonyl (C=O) groups excluding carboxylic acids is 1. The van der Waals surface area contributed by atoms with E-state index in [-0.39, 0.29) is 11.9 Å². The lowest BCUT2D eigenvalue weighted by atomic mass is 9.96. The van der Waals surface area contributed by atoms with E-state index < -0.39 is 0 Å². The van der Waals surface area contributed by atoms with E-state index in [1.807, 2.05) is 0 Å². The Morgan fingerprint density at radius 1 is 1.62 bits per heavy atom. The molecule has 0 bridgehead atoms. The molecule has 76 valence electrons. The Balaban J connectivity index is 2.25. The van der Waals surface area contributed by atoms with Crippen molar-refractivity contribution in [1.82, 2.24) is 4.90 Å². The Labute approximate surface area is 79.7 Å². The molecule has 1 aliphatic heterocycles. The largest absolute Gasteiger partial charge is 0.392 e. The number of aliphatic hydroxyl groups excluding tert-OH is 1. The molecule has 0 radical (unpaired) electrons. The maximum absolute atomic E-state index is 10.7. The van der Waals surface area contributed by atoms with Crippen LogP contribution in [0.1, 0.15) is 26.7 Å². The molecule has 0 aliphatic carbocycles.